The number of hydrogen-bond acceptors (Lipinski definition) is 1. The fourth-order valence-electron chi connectivity index (χ4n) is 2.36. The highest BCUT2D eigenvalue weighted by atomic mass is 16.3. The zero-order valence-electron chi connectivity index (χ0n) is 11.6. The fourth-order valence-corrected chi connectivity index (χ4v) is 2.36. The van der Waals surface area contributed by atoms with E-state index in [1.54, 1.807) is 0 Å². The third-order valence-corrected chi connectivity index (χ3v) is 3.38. The van der Waals surface area contributed by atoms with Crippen molar-refractivity contribution in [3.8, 4) is 0 Å². The first-order valence-corrected chi connectivity index (χ1v) is 6.72. The minimum atomic E-state index is -0.185. The van der Waals surface area contributed by atoms with Crippen LogP contribution in [0.15, 0.2) is 30.3 Å². The summed E-state index contributed by atoms with van der Waals surface area (Å²) in [6.45, 7) is 8.75. The SMILES string of the molecule is CC(C)CC(O)[C@H](Cc1ccccc1)C(C)C. The second-order valence-electron chi connectivity index (χ2n) is 5.79. The number of hydrogen-bond donors (Lipinski definition) is 1. The van der Waals surface area contributed by atoms with Crippen LogP contribution in [0.4, 0.5) is 0 Å². The van der Waals surface area contributed by atoms with Crippen LogP contribution < -0.4 is 0 Å². The molecule has 0 heterocycles. The summed E-state index contributed by atoms with van der Waals surface area (Å²) in [6, 6.07) is 10.5. The van der Waals surface area contributed by atoms with E-state index >= 15 is 0 Å². The Labute approximate surface area is 106 Å². The summed E-state index contributed by atoms with van der Waals surface area (Å²) < 4.78 is 0. The van der Waals surface area contributed by atoms with Gasteiger partial charge < -0.3 is 5.11 Å². The van der Waals surface area contributed by atoms with Gasteiger partial charge in [-0.05, 0) is 36.2 Å². The van der Waals surface area contributed by atoms with Gasteiger partial charge >= 0.3 is 0 Å². The molecule has 0 radical (unpaired) electrons. The lowest BCUT2D eigenvalue weighted by molar-refractivity contribution is 0.0629. The zero-order chi connectivity index (χ0) is 12.8. The van der Waals surface area contributed by atoms with Gasteiger partial charge in [0.05, 0.1) is 6.10 Å². The Kier molecular flexibility index (Phi) is 5.70. The van der Waals surface area contributed by atoms with E-state index in [2.05, 4.69) is 52.0 Å². The standard InChI is InChI=1S/C16H26O/c1-12(2)10-16(17)15(13(3)4)11-14-8-6-5-7-9-14/h5-9,12-13,15-17H,10-11H2,1-4H3/t15-,16?/m1/s1. The second-order valence-corrected chi connectivity index (χ2v) is 5.79. The molecule has 17 heavy (non-hydrogen) atoms. The molecule has 1 nitrogen and oxygen atoms in total. The van der Waals surface area contributed by atoms with E-state index in [4.69, 9.17) is 0 Å². The average molecular weight is 234 g/mol. The summed E-state index contributed by atoms with van der Waals surface area (Å²) in [5, 5.41) is 10.3. The predicted octanol–water partition coefficient (Wildman–Crippen LogP) is 3.91. The van der Waals surface area contributed by atoms with Gasteiger partial charge in [-0.3, -0.25) is 0 Å². The largest absolute Gasteiger partial charge is 0.393 e. The van der Waals surface area contributed by atoms with Gasteiger partial charge in [0.15, 0.2) is 0 Å². The lowest BCUT2D eigenvalue weighted by Crippen LogP contribution is -2.28. The number of aliphatic hydroxyl groups excluding tert-OH is 1. The number of aliphatic hydroxyl groups is 1. The van der Waals surface area contributed by atoms with E-state index in [1.807, 2.05) is 6.07 Å². The van der Waals surface area contributed by atoms with Crippen molar-refractivity contribution in [2.24, 2.45) is 17.8 Å². The van der Waals surface area contributed by atoms with Crippen LogP contribution >= 0.6 is 0 Å². The van der Waals surface area contributed by atoms with Gasteiger partial charge in [0, 0.05) is 0 Å². The normalized spacial score (nSPS) is 15.2. The van der Waals surface area contributed by atoms with Crippen LogP contribution in [-0.2, 0) is 6.42 Å². The van der Waals surface area contributed by atoms with Gasteiger partial charge in [0.25, 0.3) is 0 Å². The quantitative estimate of drug-likeness (QED) is 0.791. The molecular formula is C16H26O. The van der Waals surface area contributed by atoms with Gasteiger partial charge in [0.1, 0.15) is 0 Å². The van der Waals surface area contributed by atoms with E-state index in [-0.39, 0.29) is 6.10 Å². The van der Waals surface area contributed by atoms with Crippen LogP contribution in [0.5, 0.6) is 0 Å². The second kappa shape index (κ2) is 6.80. The van der Waals surface area contributed by atoms with Crippen molar-refractivity contribution in [2.75, 3.05) is 0 Å². The molecule has 1 aromatic carbocycles. The molecule has 96 valence electrons. The van der Waals surface area contributed by atoms with E-state index in [1.165, 1.54) is 5.56 Å². The van der Waals surface area contributed by atoms with Crippen LogP contribution in [0.25, 0.3) is 0 Å². The molecule has 0 spiro atoms. The minimum absolute atomic E-state index is 0.185. The highest BCUT2D eigenvalue weighted by Gasteiger charge is 2.23. The molecule has 1 heteroatoms. The van der Waals surface area contributed by atoms with E-state index in [0.29, 0.717) is 17.8 Å². The molecular weight excluding hydrogens is 208 g/mol. The van der Waals surface area contributed by atoms with Gasteiger partial charge in [-0.15, -0.1) is 0 Å². The lowest BCUT2D eigenvalue weighted by Gasteiger charge is -2.27. The van der Waals surface area contributed by atoms with Gasteiger partial charge in [-0.2, -0.15) is 0 Å². The highest BCUT2D eigenvalue weighted by molar-refractivity contribution is 5.15. The molecule has 0 saturated heterocycles. The average Bonchev–Trinajstić information content (AvgIpc) is 2.25. The van der Waals surface area contributed by atoms with Crippen molar-refractivity contribution in [3.63, 3.8) is 0 Å². The Morgan fingerprint density at radius 2 is 1.59 bits per heavy atom. The molecule has 1 N–H and O–H groups in total. The van der Waals surface area contributed by atoms with Crippen molar-refractivity contribution >= 4 is 0 Å². The van der Waals surface area contributed by atoms with Crippen molar-refractivity contribution < 1.29 is 5.11 Å². The topological polar surface area (TPSA) is 20.2 Å². The number of rotatable bonds is 6. The van der Waals surface area contributed by atoms with Crippen molar-refractivity contribution in [3.05, 3.63) is 35.9 Å². The Morgan fingerprint density at radius 3 is 2.06 bits per heavy atom. The molecule has 0 aliphatic heterocycles. The Bertz CT molecular complexity index is 303. The maximum Gasteiger partial charge on any atom is 0.0576 e. The summed E-state index contributed by atoms with van der Waals surface area (Å²) in [6.07, 6.45) is 1.69. The molecule has 0 aliphatic carbocycles. The summed E-state index contributed by atoms with van der Waals surface area (Å²) >= 11 is 0. The molecule has 0 aromatic heterocycles. The summed E-state index contributed by atoms with van der Waals surface area (Å²) in [4.78, 5) is 0. The van der Waals surface area contributed by atoms with Crippen molar-refractivity contribution in [1.29, 1.82) is 0 Å². The van der Waals surface area contributed by atoms with Crippen LogP contribution in [0.1, 0.15) is 39.7 Å². The molecule has 2 atom stereocenters. The summed E-state index contributed by atoms with van der Waals surface area (Å²) in [5.41, 5.74) is 1.33. The predicted molar refractivity (Wildman–Crippen MR) is 73.9 cm³/mol. The first-order valence-electron chi connectivity index (χ1n) is 6.72. The Morgan fingerprint density at radius 1 is 1.00 bits per heavy atom. The van der Waals surface area contributed by atoms with Crippen molar-refractivity contribution in [1.82, 2.24) is 0 Å². The monoisotopic (exact) mass is 234 g/mol. The maximum atomic E-state index is 10.3. The zero-order valence-corrected chi connectivity index (χ0v) is 11.6. The molecule has 0 amide bonds. The first-order chi connectivity index (χ1) is 8.00. The van der Waals surface area contributed by atoms with Crippen molar-refractivity contribution in [2.45, 2.75) is 46.6 Å². The molecule has 1 aromatic rings. The molecule has 1 unspecified atom stereocenters. The minimum Gasteiger partial charge on any atom is -0.393 e. The fraction of sp³-hybridized carbons (Fsp3) is 0.625. The third kappa shape index (κ3) is 4.91. The molecule has 0 aliphatic rings. The number of benzene rings is 1. The lowest BCUT2D eigenvalue weighted by atomic mass is 9.82. The van der Waals surface area contributed by atoms with E-state index in [9.17, 15) is 5.11 Å². The van der Waals surface area contributed by atoms with Gasteiger partial charge in [0.2, 0.25) is 0 Å². The third-order valence-electron chi connectivity index (χ3n) is 3.38. The maximum absolute atomic E-state index is 10.3. The van der Waals surface area contributed by atoms with Gasteiger partial charge in [-0.1, -0.05) is 58.0 Å². The summed E-state index contributed by atoms with van der Waals surface area (Å²) in [5.74, 6) is 1.44. The Hall–Kier alpha value is -0.820. The Balaban J connectivity index is 2.66. The van der Waals surface area contributed by atoms with E-state index in [0.717, 1.165) is 12.8 Å². The van der Waals surface area contributed by atoms with Crippen LogP contribution in [0, 0.1) is 17.8 Å². The van der Waals surface area contributed by atoms with Crippen LogP contribution in [0.2, 0.25) is 0 Å². The van der Waals surface area contributed by atoms with E-state index < -0.39 is 0 Å². The molecule has 0 bridgehead atoms. The summed E-state index contributed by atoms with van der Waals surface area (Å²) in [7, 11) is 0. The van der Waals surface area contributed by atoms with Gasteiger partial charge in [-0.25, -0.2) is 0 Å². The molecule has 1 rings (SSSR count). The van der Waals surface area contributed by atoms with Crippen LogP contribution in [-0.4, -0.2) is 11.2 Å². The highest BCUT2D eigenvalue weighted by Crippen LogP contribution is 2.24. The first kappa shape index (κ1) is 14.2. The smallest absolute Gasteiger partial charge is 0.0576 e. The molecule has 0 fully saturated rings. The van der Waals surface area contributed by atoms with Crippen LogP contribution in [0.3, 0.4) is 0 Å². The molecule has 0 saturated carbocycles.